The van der Waals surface area contributed by atoms with Crippen molar-refractivity contribution < 1.29 is 19.0 Å². The first-order chi connectivity index (χ1) is 51.7. The van der Waals surface area contributed by atoms with Crippen LogP contribution in [0.25, 0.3) is 30.4 Å². The number of anilines is 4. The van der Waals surface area contributed by atoms with Gasteiger partial charge in [-0.05, 0) is 159 Å². The van der Waals surface area contributed by atoms with E-state index in [2.05, 4.69) is 104 Å². The van der Waals surface area contributed by atoms with E-state index in [1.54, 1.807) is 37.8 Å². The van der Waals surface area contributed by atoms with Crippen LogP contribution in [-0.2, 0) is 9.59 Å². The molecule has 106 heavy (non-hydrogen) atoms. The monoisotopic (exact) mass is 1480 g/mol. The molecule has 0 bridgehead atoms. The van der Waals surface area contributed by atoms with Crippen LogP contribution < -0.4 is 26.6 Å². The number of hydrogen-bond donors (Lipinski definition) is 8. The van der Waals surface area contributed by atoms with Gasteiger partial charge in [-0.1, -0.05) is 108 Å². The summed E-state index contributed by atoms with van der Waals surface area (Å²) in [4.78, 5) is 56.0. The van der Waals surface area contributed by atoms with Gasteiger partial charge in [0, 0.05) is 106 Å². The topological polar surface area (TPSA) is 278 Å². The number of ketones is 1. The normalized spacial score (nSPS) is 21.0. The maximum Gasteiger partial charge on any atom is 0.243 e. The molecule has 3 saturated heterocycles. The number of likely N-dealkylation sites (tertiary alicyclic amines) is 2. The van der Waals surface area contributed by atoms with Gasteiger partial charge in [-0.2, -0.15) is 15.3 Å². The molecule has 8 aliphatic rings. The van der Waals surface area contributed by atoms with Crippen LogP contribution in [0.3, 0.4) is 0 Å². The highest BCUT2D eigenvalue weighted by Gasteiger charge is 2.42. The number of piperidine rings is 3. The van der Waals surface area contributed by atoms with Crippen molar-refractivity contribution >= 4 is 86.7 Å². The van der Waals surface area contributed by atoms with E-state index in [-0.39, 0.29) is 47.2 Å². The lowest BCUT2D eigenvalue weighted by atomic mass is 9.79. The summed E-state index contributed by atoms with van der Waals surface area (Å²) in [6, 6.07) is 28.6. The fourth-order valence-electron chi connectivity index (χ4n) is 16.0. The number of aromatic nitrogens is 10. The van der Waals surface area contributed by atoms with Gasteiger partial charge in [-0.15, -0.1) is 5.10 Å². The summed E-state index contributed by atoms with van der Waals surface area (Å²) in [5, 5.41) is 52.8. The average Bonchev–Trinajstić information content (AvgIpc) is 1.79. The van der Waals surface area contributed by atoms with Crippen molar-refractivity contribution in [3.05, 3.63) is 267 Å². The molecule has 0 spiro atoms. The van der Waals surface area contributed by atoms with Gasteiger partial charge in [-0.3, -0.25) is 29.7 Å². The molecule has 0 radical (unpaired) electrons. The molecule has 4 aromatic carbocycles. The molecular weight excluding hydrogens is 1400 g/mol. The highest BCUT2D eigenvalue weighted by molar-refractivity contribution is 6.32. The zero-order valence-electron chi connectivity index (χ0n) is 58.5. The van der Waals surface area contributed by atoms with Gasteiger partial charge in [-0.25, -0.2) is 28.7 Å². The predicted octanol–water partition coefficient (Wildman–Crippen LogP) is 15.4. The number of Topliss-reactive ketones (excluding diaryl/α,β-unsaturated/α-hetero) is 1. The molecule has 5 atom stereocenters. The Bertz CT molecular complexity index is 5160. The van der Waals surface area contributed by atoms with Gasteiger partial charge in [0.1, 0.15) is 34.3 Å². The van der Waals surface area contributed by atoms with Crippen molar-refractivity contribution in [1.29, 1.82) is 0 Å². The fourth-order valence-corrected chi connectivity index (χ4v) is 16.8. The molecule has 25 nitrogen and oxygen atoms in total. The number of carbonyl (C=O) groups excluding carboxylic acids is 3. The Kier molecular flexibility index (Phi) is 21.4. The second-order valence-corrected chi connectivity index (χ2v) is 28.8. The second-order valence-electron chi connectivity index (χ2n) is 27.6. The van der Waals surface area contributed by atoms with E-state index in [9.17, 15) is 14.4 Å². The number of halogens is 3. The predicted molar refractivity (Wildman–Crippen MR) is 405 cm³/mol. The summed E-state index contributed by atoms with van der Waals surface area (Å²) in [6.07, 6.45) is 15.9. The van der Waals surface area contributed by atoms with Crippen molar-refractivity contribution in [2.24, 2.45) is 23.7 Å². The third-order valence-corrected chi connectivity index (χ3v) is 22.5. The molecule has 12 heterocycles. The molecule has 7 aliphatic heterocycles. The lowest BCUT2D eigenvalue weighted by Gasteiger charge is -2.36. The number of benzene rings is 4. The Morgan fingerprint density at radius 3 is 1.42 bits per heavy atom. The zero-order valence-corrected chi connectivity index (χ0v) is 60.8. The minimum absolute atomic E-state index is 0.0702. The van der Waals surface area contributed by atoms with Crippen molar-refractivity contribution in [1.82, 2.24) is 65.8 Å². The van der Waals surface area contributed by atoms with Crippen molar-refractivity contribution in [3.8, 4) is 0 Å². The largest absolute Gasteiger partial charge is 0.354 e. The number of nitrogens with one attached hydrogen (secondary N) is 8. The third-order valence-electron chi connectivity index (χ3n) is 21.4. The smallest absolute Gasteiger partial charge is 0.243 e. The minimum atomic E-state index is -0.401. The second kappa shape index (κ2) is 31.7. The van der Waals surface area contributed by atoms with Crippen LogP contribution in [0.5, 0.6) is 0 Å². The van der Waals surface area contributed by atoms with E-state index in [1.807, 2.05) is 89.8 Å². The number of hydrogen-bond acceptors (Lipinski definition) is 16. The number of aromatic amines is 3. The molecule has 5 aromatic heterocycles. The lowest BCUT2D eigenvalue weighted by molar-refractivity contribution is -0.130. The Labute approximate surface area is 627 Å². The molecular formula is C78H76Cl3N21O4. The van der Waals surface area contributed by atoms with Gasteiger partial charge in [0.25, 0.3) is 0 Å². The first-order valence-corrected chi connectivity index (χ1v) is 36.7. The van der Waals surface area contributed by atoms with Crippen LogP contribution in [0.15, 0.2) is 166 Å². The van der Waals surface area contributed by atoms with Crippen LogP contribution in [0.2, 0.25) is 15.1 Å². The van der Waals surface area contributed by atoms with Gasteiger partial charge >= 0.3 is 0 Å². The van der Waals surface area contributed by atoms with Gasteiger partial charge in [0.05, 0.1) is 68.6 Å². The number of allylic oxidation sites excluding steroid dienone is 8. The van der Waals surface area contributed by atoms with E-state index in [0.717, 1.165) is 169 Å². The molecule has 1 amide bonds. The molecule has 17 rings (SSSR count). The Morgan fingerprint density at radius 2 is 0.943 bits per heavy atom. The number of rotatable bonds is 8. The zero-order chi connectivity index (χ0) is 73.7. The lowest BCUT2D eigenvalue weighted by Crippen LogP contribution is -2.38. The van der Waals surface area contributed by atoms with Crippen molar-refractivity contribution in [2.75, 3.05) is 67.6 Å². The third kappa shape index (κ3) is 14.2. The van der Waals surface area contributed by atoms with E-state index >= 15 is 0 Å². The molecule has 28 heteroatoms. The Balaban J connectivity index is 0.000000119. The number of carbonyl (C=O) groups is 3. The molecule has 9 aromatic rings. The van der Waals surface area contributed by atoms with Crippen molar-refractivity contribution in [2.45, 2.75) is 102 Å². The summed E-state index contributed by atoms with van der Waals surface area (Å²) in [6.45, 7) is 39.9. The van der Waals surface area contributed by atoms with Crippen LogP contribution in [0.1, 0.15) is 151 Å². The van der Waals surface area contributed by atoms with Crippen LogP contribution >= 0.6 is 34.8 Å². The van der Waals surface area contributed by atoms with Crippen LogP contribution in [-0.4, -0.2) is 124 Å². The first kappa shape index (κ1) is 71.8. The summed E-state index contributed by atoms with van der Waals surface area (Å²) < 4.78 is 6.20. The highest BCUT2D eigenvalue weighted by Crippen LogP contribution is 2.51. The van der Waals surface area contributed by atoms with Gasteiger partial charge < -0.3 is 36.4 Å². The maximum absolute atomic E-state index is 12.6. The number of H-pyrrole nitrogens is 3. The van der Waals surface area contributed by atoms with Crippen LogP contribution in [0.4, 0.5) is 23.3 Å². The number of nitrogens with zero attached hydrogens (tertiary/aromatic N) is 13. The summed E-state index contributed by atoms with van der Waals surface area (Å²) in [5.41, 5.74) is 14.5. The van der Waals surface area contributed by atoms with E-state index < -0.39 is 5.92 Å². The number of amides is 1. The Hall–Kier alpha value is -11.2. The molecule has 1 aliphatic carbocycles. The molecule has 4 fully saturated rings. The van der Waals surface area contributed by atoms with Crippen LogP contribution in [0, 0.1) is 50.0 Å². The summed E-state index contributed by atoms with van der Waals surface area (Å²) in [7, 11) is 2.15. The quantitative estimate of drug-likeness (QED) is 0.0657. The summed E-state index contributed by atoms with van der Waals surface area (Å²) in [5.74, 6) is 2.53. The highest BCUT2D eigenvalue weighted by atomic mass is 35.5. The first-order valence-electron chi connectivity index (χ1n) is 35.5. The molecule has 1 saturated carbocycles. The molecule has 538 valence electrons. The van der Waals surface area contributed by atoms with E-state index in [1.165, 1.54) is 11.6 Å². The average molecular weight is 1480 g/mol. The van der Waals surface area contributed by atoms with Gasteiger partial charge in [0.2, 0.25) is 11.8 Å². The minimum Gasteiger partial charge on any atom is -0.354 e. The Morgan fingerprint density at radius 1 is 0.500 bits per heavy atom. The maximum atomic E-state index is 12.6. The van der Waals surface area contributed by atoms with E-state index in [0.29, 0.717) is 86.2 Å². The molecule has 5 unspecified atom stereocenters. The standard InChI is InChI=1S/C22H22ClN5O2.C19H20ClN5.C19H16N6O2.C18H18ClN5/c1-13(29)27-10-8-15(9-11-27)20-21(24-3)19(16-6-4-5-7-18(16)23)17-12-28(14(2)30)26-22(17)25-20;1-21-18-16(13-5-3-4-6-15(13)20)14-11-22-24-19(14)23-17(18)12-7-9-25(2)10-8-12;1-20-18-15(11-6-4-7-13-16(11)25-27-24-13)12-9-21-23-19(12)22-17(18)10-5-2-3-8-14(10)26;1-20-17-15(12-4-2-3-5-14(12)19)13-10-22-24-18(13)23-16(17)11-6-8-21-9-7-11/h4-7,12,15,19H,8-11H2,1-2H3,(H,25,26);3-6,11-12,16H,7-10H2,2H3,(H2,22,23,24);4,6-7,9-10,15H,2-3,5,8H2,(H2,21,22,23);2-5,10-11,15,21H,6-9H2,(H2,22,23,24). The summed E-state index contributed by atoms with van der Waals surface area (Å²) >= 11 is 19.5. The SMILES string of the molecule is [C-]#[N+]C1=C(C2CCCCC2=O)Nc2[nH]ncc2C1c1cccc2nonc12.[C-]#[N+]C1=C(C2CCN(C(C)=O)CC2)Nc2nn(C(C)=O)cc2C1c1ccccc1Cl.[C-]#[N+]C1=C(C2CCN(C)CC2)Nc2[nH]ncc2C1c1ccccc1Cl.[C-]#[N+]C1=C(C2CCNCC2)Nc2[nH]ncc2C1c1ccccc1Cl. The fraction of sp³-hybridized carbons (Fsp3) is 0.346. The van der Waals surface area contributed by atoms with Crippen molar-refractivity contribution in [3.63, 3.8) is 0 Å². The van der Waals surface area contributed by atoms with Gasteiger partial charge in [0.15, 0.2) is 28.6 Å². The molecule has 8 N–H and O–H groups in total. The number of fused-ring (bicyclic) bond motifs is 5. The van der Waals surface area contributed by atoms with E-state index in [4.69, 9.17) is 65.7 Å².